The minimum absolute atomic E-state index is 0.326. The van der Waals surface area contributed by atoms with E-state index in [1.54, 1.807) is 25.4 Å². The molecule has 0 saturated heterocycles. The monoisotopic (exact) mass is 240 g/mol. The van der Waals surface area contributed by atoms with E-state index in [0.717, 1.165) is 17.1 Å². The third kappa shape index (κ3) is 3.00. The summed E-state index contributed by atoms with van der Waals surface area (Å²) < 4.78 is 10.7. The first-order valence-electron chi connectivity index (χ1n) is 5.54. The van der Waals surface area contributed by atoms with Crippen LogP contribution >= 0.6 is 0 Å². The first-order valence-corrected chi connectivity index (χ1v) is 5.54. The summed E-state index contributed by atoms with van der Waals surface area (Å²) in [5.41, 5.74) is 2.02. The van der Waals surface area contributed by atoms with Crippen molar-refractivity contribution in [3.63, 3.8) is 0 Å². The van der Waals surface area contributed by atoms with Crippen LogP contribution in [0, 0.1) is 6.92 Å². The van der Waals surface area contributed by atoms with Crippen molar-refractivity contribution in [3.8, 4) is 11.5 Å². The second-order valence-corrected chi connectivity index (χ2v) is 3.81. The molecule has 2 aromatic rings. The Bertz CT molecular complexity index is 546. The summed E-state index contributed by atoms with van der Waals surface area (Å²) in [4.78, 5) is 8.31. The molecule has 4 nitrogen and oxygen atoms in total. The summed E-state index contributed by atoms with van der Waals surface area (Å²) in [7, 11) is 7.37. The third-order valence-electron chi connectivity index (χ3n) is 2.42. The summed E-state index contributed by atoms with van der Waals surface area (Å²) >= 11 is 0. The molecule has 0 fully saturated rings. The Morgan fingerprint density at radius 2 is 2.11 bits per heavy atom. The van der Waals surface area contributed by atoms with E-state index < -0.39 is 0 Å². The van der Waals surface area contributed by atoms with Gasteiger partial charge in [0.15, 0.2) is 0 Å². The number of hydrogen-bond acceptors (Lipinski definition) is 4. The number of nitrogens with zero attached hydrogens (tertiary/aromatic N) is 2. The van der Waals surface area contributed by atoms with E-state index in [9.17, 15) is 0 Å². The smallest absolute Gasteiger partial charge is 0.147 e. The van der Waals surface area contributed by atoms with Crippen LogP contribution in [-0.4, -0.2) is 24.9 Å². The molecular formula is C13H13BN2O2. The van der Waals surface area contributed by atoms with Crippen LogP contribution in [0.25, 0.3) is 0 Å². The summed E-state index contributed by atoms with van der Waals surface area (Å²) in [6.45, 7) is 2.20. The molecule has 0 bridgehead atoms. The standard InChI is InChI=1S/C13H13BN2O2/c1-9-3-4-12(13(14)16-9)18-8-10-7-11(17-2)5-6-15-10/h3-7H,8H2,1-2H3. The lowest BCUT2D eigenvalue weighted by Crippen LogP contribution is -2.14. The number of pyridine rings is 2. The van der Waals surface area contributed by atoms with Crippen molar-refractivity contribution in [2.75, 3.05) is 7.11 Å². The maximum atomic E-state index is 5.76. The third-order valence-corrected chi connectivity index (χ3v) is 2.42. The van der Waals surface area contributed by atoms with Gasteiger partial charge in [0, 0.05) is 23.6 Å². The second-order valence-electron chi connectivity index (χ2n) is 3.81. The van der Waals surface area contributed by atoms with Gasteiger partial charge in [-0.05, 0) is 25.1 Å². The Morgan fingerprint density at radius 1 is 1.28 bits per heavy atom. The van der Waals surface area contributed by atoms with E-state index in [1.807, 2.05) is 19.1 Å². The van der Waals surface area contributed by atoms with Gasteiger partial charge in [-0.25, -0.2) is 0 Å². The molecule has 0 spiro atoms. The Labute approximate surface area is 107 Å². The van der Waals surface area contributed by atoms with Gasteiger partial charge < -0.3 is 9.47 Å². The fourth-order valence-electron chi connectivity index (χ4n) is 1.50. The van der Waals surface area contributed by atoms with Crippen LogP contribution in [0.2, 0.25) is 0 Å². The number of aromatic nitrogens is 2. The van der Waals surface area contributed by atoms with Gasteiger partial charge in [0.05, 0.1) is 12.8 Å². The molecule has 0 amide bonds. The van der Waals surface area contributed by atoms with Gasteiger partial charge in [-0.15, -0.1) is 0 Å². The van der Waals surface area contributed by atoms with Crippen LogP contribution in [0.1, 0.15) is 11.4 Å². The summed E-state index contributed by atoms with van der Waals surface area (Å²) in [6, 6.07) is 7.26. The highest BCUT2D eigenvalue weighted by molar-refractivity contribution is 6.32. The number of aryl methyl sites for hydroxylation is 1. The lowest BCUT2D eigenvalue weighted by molar-refractivity contribution is 0.301. The molecule has 2 heterocycles. The maximum absolute atomic E-state index is 5.76. The molecule has 2 rings (SSSR count). The molecule has 0 aliphatic carbocycles. The molecule has 2 radical (unpaired) electrons. The molecule has 0 unspecified atom stereocenters. The molecule has 0 aliphatic heterocycles. The minimum atomic E-state index is 0.326. The Kier molecular flexibility index (Phi) is 3.82. The molecule has 18 heavy (non-hydrogen) atoms. The number of methoxy groups -OCH3 is 1. The second kappa shape index (κ2) is 5.53. The van der Waals surface area contributed by atoms with Crippen molar-refractivity contribution in [3.05, 3.63) is 41.9 Å². The molecule has 0 aromatic carbocycles. The predicted octanol–water partition coefficient (Wildman–Crippen LogP) is 1.17. The first kappa shape index (κ1) is 12.4. The Balaban J connectivity index is 2.06. The van der Waals surface area contributed by atoms with E-state index in [0.29, 0.717) is 17.9 Å². The maximum Gasteiger partial charge on any atom is 0.147 e. The van der Waals surface area contributed by atoms with Gasteiger partial charge in [-0.3, -0.25) is 9.97 Å². The van der Waals surface area contributed by atoms with E-state index >= 15 is 0 Å². The SMILES string of the molecule is [B]c1nc(C)ccc1OCc1cc(OC)ccn1. The van der Waals surface area contributed by atoms with Crippen molar-refractivity contribution in [2.45, 2.75) is 13.5 Å². The average Bonchev–Trinajstić information content (AvgIpc) is 2.38. The quantitative estimate of drug-likeness (QED) is 0.752. The van der Waals surface area contributed by atoms with Crippen molar-refractivity contribution in [2.24, 2.45) is 0 Å². The van der Waals surface area contributed by atoms with Crippen molar-refractivity contribution in [1.82, 2.24) is 9.97 Å². The first-order chi connectivity index (χ1) is 8.69. The fraction of sp³-hybridized carbons (Fsp3) is 0.231. The van der Waals surface area contributed by atoms with Gasteiger partial charge in [0.2, 0.25) is 0 Å². The van der Waals surface area contributed by atoms with Gasteiger partial charge in [0.1, 0.15) is 26.0 Å². The molecule has 0 N–H and O–H groups in total. The van der Waals surface area contributed by atoms with E-state index in [2.05, 4.69) is 9.97 Å². The zero-order valence-corrected chi connectivity index (χ0v) is 10.4. The van der Waals surface area contributed by atoms with Crippen LogP contribution in [0.5, 0.6) is 11.5 Å². The normalized spacial score (nSPS) is 10.1. The fourth-order valence-corrected chi connectivity index (χ4v) is 1.50. The molecule has 0 atom stereocenters. The highest BCUT2D eigenvalue weighted by Gasteiger charge is 2.03. The van der Waals surface area contributed by atoms with Crippen LogP contribution in [-0.2, 0) is 6.61 Å². The highest BCUT2D eigenvalue weighted by atomic mass is 16.5. The van der Waals surface area contributed by atoms with Crippen molar-refractivity contribution in [1.29, 1.82) is 0 Å². The molecular weight excluding hydrogens is 227 g/mol. The van der Waals surface area contributed by atoms with Gasteiger partial charge >= 0.3 is 0 Å². The molecule has 2 aromatic heterocycles. The van der Waals surface area contributed by atoms with Gasteiger partial charge in [-0.1, -0.05) is 0 Å². The molecule has 0 saturated carbocycles. The largest absolute Gasteiger partial charge is 0.497 e. The van der Waals surface area contributed by atoms with Crippen LogP contribution < -0.4 is 15.1 Å². The average molecular weight is 240 g/mol. The van der Waals surface area contributed by atoms with Crippen molar-refractivity contribution >= 4 is 13.4 Å². The van der Waals surface area contributed by atoms with Crippen LogP contribution in [0.15, 0.2) is 30.5 Å². The topological polar surface area (TPSA) is 44.2 Å². The predicted molar refractivity (Wildman–Crippen MR) is 69.5 cm³/mol. The number of ether oxygens (including phenoxy) is 2. The zero-order valence-electron chi connectivity index (χ0n) is 10.4. The van der Waals surface area contributed by atoms with Gasteiger partial charge in [-0.2, -0.15) is 0 Å². The molecule has 5 heteroatoms. The number of hydrogen-bond donors (Lipinski definition) is 0. The van der Waals surface area contributed by atoms with E-state index in [-0.39, 0.29) is 0 Å². The molecule has 90 valence electrons. The Hall–Kier alpha value is -2.04. The summed E-state index contributed by atoms with van der Waals surface area (Å²) in [6.07, 6.45) is 1.67. The van der Waals surface area contributed by atoms with Crippen molar-refractivity contribution < 1.29 is 9.47 Å². The van der Waals surface area contributed by atoms with Gasteiger partial charge in [0.25, 0.3) is 0 Å². The molecule has 0 aliphatic rings. The summed E-state index contributed by atoms with van der Waals surface area (Å²) in [5, 5.41) is 0. The lowest BCUT2D eigenvalue weighted by Gasteiger charge is -2.09. The zero-order chi connectivity index (χ0) is 13.0. The van der Waals surface area contributed by atoms with Crippen LogP contribution in [0.4, 0.5) is 0 Å². The van der Waals surface area contributed by atoms with Crippen LogP contribution in [0.3, 0.4) is 0 Å². The Morgan fingerprint density at radius 3 is 2.83 bits per heavy atom. The minimum Gasteiger partial charge on any atom is -0.497 e. The lowest BCUT2D eigenvalue weighted by atomic mass is 10.0. The summed E-state index contributed by atoms with van der Waals surface area (Å²) in [5.74, 6) is 1.31. The van der Waals surface area contributed by atoms with E-state index in [1.165, 1.54) is 0 Å². The van der Waals surface area contributed by atoms with E-state index in [4.69, 9.17) is 17.3 Å². The number of rotatable bonds is 4. The highest BCUT2D eigenvalue weighted by Crippen LogP contribution is 2.12.